The highest BCUT2D eigenvalue weighted by molar-refractivity contribution is 5.41. The summed E-state index contributed by atoms with van der Waals surface area (Å²) in [5, 5.41) is 0. The van der Waals surface area contributed by atoms with Crippen LogP contribution in [-0.4, -0.2) is 6.54 Å². The molecule has 2 aliphatic carbocycles. The van der Waals surface area contributed by atoms with Crippen molar-refractivity contribution in [3.05, 3.63) is 35.1 Å². The molecular weight excluding hydrogens is 189 g/mol. The molecule has 1 saturated carbocycles. The van der Waals surface area contributed by atoms with Crippen molar-refractivity contribution in [3.8, 4) is 0 Å². The molecule has 2 unspecified atom stereocenters. The molecule has 1 nitrogen and oxygen atoms in total. The smallest absolute Gasteiger partial charge is 0.126 e. The van der Waals surface area contributed by atoms with Gasteiger partial charge < -0.3 is 5.73 Å². The lowest BCUT2D eigenvalue weighted by Crippen LogP contribution is -2.09. The summed E-state index contributed by atoms with van der Waals surface area (Å²) < 4.78 is 13.8. The minimum absolute atomic E-state index is 0.0136. The molecule has 1 fully saturated rings. The van der Waals surface area contributed by atoms with Crippen molar-refractivity contribution in [1.29, 1.82) is 0 Å². The van der Waals surface area contributed by atoms with E-state index in [1.807, 2.05) is 6.07 Å². The van der Waals surface area contributed by atoms with Gasteiger partial charge in [0.1, 0.15) is 5.82 Å². The summed E-state index contributed by atoms with van der Waals surface area (Å²) in [4.78, 5) is 0. The third-order valence-electron chi connectivity index (χ3n) is 3.91. The third-order valence-corrected chi connectivity index (χ3v) is 3.91. The SMILES string of the molecule is NCC1CC(C2CC2)c2c(F)cccc21. The van der Waals surface area contributed by atoms with Crippen LogP contribution in [0.3, 0.4) is 0 Å². The van der Waals surface area contributed by atoms with Gasteiger partial charge in [-0.1, -0.05) is 12.1 Å². The fourth-order valence-corrected chi connectivity index (χ4v) is 3.00. The predicted molar refractivity (Wildman–Crippen MR) is 58.3 cm³/mol. The van der Waals surface area contributed by atoms with Crippen LogP contribution in [0.1, 0.15) is 42.2 Å². The van der Waals surface area contributed by atoms with Crippen LogP contribution in [0.25, 0.3) is 0 Å². The van der Waals surface area contributed by atoms with E-state index in [0.29, 0.717) is 18.4 Å². The standard InChI is InChI=1S/C13H16FN/c14-12-3-1-2-10-9(7-15)6-11(13(10)12)8-4-5-8/h1-3,8-9,11H,4-7,15H2. The van der Waals surface area contributed by atoms with Crippen LogP contribution in [0, 0.1) is 11.7 Å². The summed E-state index contributed by atoms with van der Waals surface area (Å²) >= 11 is 0. The van der Waals surface area contributed by atoms with Gasteiger partial charge in [0.2, 0.25) is 0 Å². The van der Waals surface area contributed by atoms with Gasteiger partial charge in [-0.05, 0) is 60.8 Å². The van der Waals surface area contributed by atoms with Gasteiger partial charge in [-0.25, -0.2) is 4.39 Å². The van der Waals surface area contributed by atoms with Gasteiger partial charge >= 0.3 is 0 Å². The molecule has 2 atom stereocenters. The Bertz CT molecular complexity index is 384. The first-order valence-corrected chi connectivity index (χ1v) is 5.79. The zero-order chi connectivity index (χ0) is 10.4. The third kappa shape index (κ3) is 1.39. The number of nitrogens with two attached hydrogens (primary N) is 1. The van der Waals surface area contributed by atoms with Crippen molar-refractivity contribution >= 4 is 0 Å². The van der Waals surface area contributed by atoms with E-state index in [1.54, 1.807) is 6.07 Å². The van der Waals surface area contributed by atoms with E-state index in [-0.39, 0.29) is 5.82 Å². The molecular formula is C13H16FN. The highest BCUT2D eigenvalue weighted by Gasteiger charge is 2.41. The maximum Gasteiger partial charge on any atom is 0.126 e. The normalized spacial score (nSPS) is 29.2. The van der Waals surface area contributed by atoms with Gasteiger partial charge in [-0.15, -0.1) is 0 Å². The van der Waals surface area contributed by atoms with Crippen LogP contribution >= 0.6 is 0 Å². The van der Waals surface area contributed by atoms with Crippen LogP contribution in [0.2, 0.25) is 0 Å². The Hall–Kier alpha value is -0.890. The number of halogens is 1. The van der Waals surface area contributed by atoms with Crippen molar-refractivity contribution < 1.29 is 4.39 Å². The van der Waals surface area contributed by atoms with Crippen LogP contribution in [0.5, 0.6) is 0 Å². The largest absolute Gasteiger partial charge is 0.330 e. The summed E-state index contributed by atoms with van der Waals surface area (Å²) in [6, 6.07) is 5.46. The fraction of sp³-hybridized carbons (Fsp3) is 0.538. The Morgan fingerprint density at radius 2 is 2.13 bits per heavy atom. The number of rotatable bonds is 2. The van der Waals surface area contributed by atoms with Gasteiger partial charge in [0.15, 0.2) is 0 Å². The monoisotopic (exact) mass is 205 g/mol. The second-order valence-electron chi connectivity index (χ2n) is 4.85. The molecule has 0 amide bonds. The Kier molecular flexibility index (Phi) is 2.06. The number of benzene rings is 1. The first-order valence-electron chi connectivity index (χ1n) is 5.79. The predicted octanol–water partition coefficient (Wildman–Crippen LogP) is 2.77. The Morgan fingerprint density at radius 3 is 2.80 bits per heavy atom. The lowest BCUT2D eigenvalue weighted by atomic mass is 9.96. The molecule has 1 aromatic carbocycles. The first kappa shape index (κ1) is 9.34. The lowest BCUT2D eigenvalue weighted by molar-refractivity contribution is 0.522. The zero-order valence-corrected chi connectivity index (χ0v) is 8.75. The first-order chi connectivity index (χ1) is 7.31. The molecule has 0 aromatic heterocycles. The Labute approximate surface area is 89.5 Å². The molecule has 80 valence electrons. The van der Waals surface area contributed by atoms with Crippen LogP contribution in [0.15, 0.2) is 18.2 Å². The highest BCUT2D eigenvalue weighted by atomic mass is 19.1. The molecule has 2 N–H and O–H groups in total. The van der Waals surface area contributed by atoms with E-state index >= 15 is 0 Å². The fourth-order valence-electron chi connectivity index (χ4n) is 3.00. The van der Waals surface area contributed by atoms with E-state index in [0.717, 1.165) is 17.9 Å². The Morgan fingerprint density at radius 1 is 1.33 bits per heavy atom. The molecule has 0 spiro atoms. The molecule has 0 aliphatic heterocycles. The minimum Gasteiger partial charge on any atom is -0.330 e. The molecule has 15 heavy (non-hydrogen) atoms. The Balaban J connectivity index is 2.06. The summed E-state index contributed by atoms with van der Waals surface area (Å²) in [7, 11) is 0. The van der Waals surface area contributed by atoms with E-state index in [9.17, 15) is 4.39 Å². The van der Waals surface area contributed by atoms with E-state index in [4.69, 9.17) is 5.73 Å². The van der Waals surface area contributed by atoms with Crippen LogP contribution in [0.4, 0.5) is 4.39 Å². The van der Waals surface area contributed by atoms with Crippen molar-refractivity contribution in [2.24, 2.45) is 11.7 Å². The maximum absolute atomic E-state index is 13.8. The van der Waals surface area contributed by atoms with E-state index in [2.05, 4.69) is 6.07 Å². The number of hydrogen-bond acceptors (Lipinski definition) is 1. The molecule has 0 heterocycles. The summed E-state index contributed by atoms with van der Waals surface area (Å²) in [5.41, 5.74) is 7.92. The van der Waals surface area contributed by atoms with Crippen molar-refractivity contribution in [1.82, 2.24) is 0 Å². The topological polar surface area (TPSA) is 26.0 Å². The summed E-state index contributed by atoms with van der Waals surface area (Å²) in [6.45, 7) is 0.652. The highest BCUT2D eigenvalue weighted by Crippen LogP contribution is 2.53. The van der Waals surface area contributed by atoms with Gasteiger partial charge in [0, 0.05) is 0 Å². The lowest BCUT2D eigenvalue weighted by Gasteiger charge is -2.10. The molecule has 2 aliphatic rings. The van der Waals surface area contributed by atoms with Gasteiger partial charge in [0.25, 0.3) is 0 Å². The van der Waals surface area contributed by atoms with E-state index < -0.39 is 0 Å². The molecule has 0 radical (unpaired) electrons. The second-order valence-corrected chi connectivity index (χ2v) is 4.85. The molecule has 2 heteroatoms. The zero-order valence-electron chi connectivity index (χ0n) is 8.75. The van der Waals surface area contributed by atoms with Gasteiger partial charge in [-0.3, -0.25) is 0 Å². The molecule has 3 rings (SSSR count). The average Bonchev–Trinajstić information content (AvgIpc) is 3.00. The van der Waals surface area contributed by atoms with Crippen molar-refractivity contribution in [3.63, 3.8) is 0 Å². The maximum atomic E-state index is 13.8. The van der Waals surface area contributed by atoms with Gasteiger partial charge in [-0.2, -0.15) is 0 Å². The summed E-state index contributed by atoms with van der Waals surface area (Å²) in [5.74, 6) is 1.56. The van der Waals surface area contributed by atoms with Crippen LogP contribution in [-0.2, 0) is 0 Å². The molecule has 0 saturated heterocycles. The van der Waals surface area contributed by atoms with Crippen molar-refractivity contribution in [2.75, 3.05) is 6.54 Å². The van der Waals surface area contributed by atoms with E-state index in [1.165, 1.54) is 18.4 Å². The van der Waals surface area contributed by atoms with Crippen LogP contribution < -0.4 is 5.73 Å². The number of hydrogen-bond donors (Lipinski definition) is 1. The summed E-state index contributed by atoms with van der Waals surface area (Å²) in [6.07, 6.45) is 3.61. The quantitative estimate of drug-likeness (QED) is 0.789. The average molecular weight is 205 g/mol. The second kappa shape index (κ2) is 3.31. The van der Waals surface area contributed by atoms with Gasteiger partial charge in [0.05, 0.1) is 0 Å². The van der Waals surface area contributed by atoms with Crippen molar-refractivity contribution in [2.45, 2.75) is 31.1 Å². The molecule has 1 aromatic rings. The number of fused-ring (bicyclic) bond motifs is 1. The molecule has 0 bridgehead atoms. The minimum atomic E-state index is -0.0136.